The van der Waals surface area contributed by atoms with Crippen LogP contribution in [0.5, 0.6) is 5.75 Å². The van der Waals surface area contributed by atoms with Gasteiger partial charge >= 0.3 is 6.18 Å². The molecule has 1 amide bonds. The van der Waals surface area contributed by atoms with Crippen LogP contribution < -0.4 is 10.2 Å². The molecule has 0 aliphatic carbocycles. The predicted octanol–water partition coefficient (Wildman–Crippen LogP) is 4.36. The van der Waals surface area contributed by atoms with Gasteiger partial charge in [0.1, 0.15) is 5.75 Å². The predicted molar refractivity (Wildman–Crippen MR) is 93.2 cm³/mol. The van der Waals surface area contributed by atoms with Crippen LogP contribution in [0.2, 0.25) is 0 Å². The average molecular weight is 364 g/mol. The van der Waals surface area contributed by atoms with Gasteiger partial charge in [-0.05, 0) is 35.2 Å². The van der Waals surface area contributed by atoms with Gasteiger partial charge in [-0.15, -0.1) is 0 Å². The molecule has 0 heterocycles. The van der Waals surface area contributed by atoms with E-state index in [0.29, 0.717) is 5.75 Å². The second kappa shape index (κ2) is 8.51. The summed E-state index contributed by atoms with van der Waals surface area (Å²) in [7, 11) is 0. The maximum atomic E-state index is 12.6. The molecule has 2 rings (SSSR count). The number of benzene rings is 2. The minimum Gasteiger partial charge on any atom is -0.483 e. The van der Waals surface area contributed by atoms with Gasteiger partial charge in [-0.1, -0.05) is 44.2 Å². The number of nitrogens with one attached hydrogen (secondary N) is 1. The Kier molecular flexibility index (Phi) is 6.38. The minimum absolute atomic E-state index is 0.228. The molecule has 0 unspecified atom stereocenters. The van der Waals surface area contributed by atoms with E-state index in [1.807, 2.05) is 32.0 Å². The number of carbonyl (C=O) groups excluding carboxylic acids is 1. The van der Waals surface area contributed by atoms with Crippen molar-refractivity contribution in [2.45, 2.75) is 25.9 Å². The minimum atomic E-state index is -4.43. The quantitative estimate of drug-likeness (QED) is 0.612. The number of carbonyl (C=O) groups is 1. The molecule has 1 N–H and O–H groups in total. The second-order valence-corrected chi connectivity index (χ2v) is 5.90. The van der Waals surface area contributed by atoms with Gasteiger partial charge < -0.3 is 4.74 Å². The first-order valence-electron chi connectivity index (χ1n) is 7.98. The number of ether oxygens (including phenoxy) is 1. The van der Waals surface area contributed by atoms with Crippen molar-refractivity contribution in [1.29, 1.82) is 0 Å². The van der Waals surface area contributed by atoms with Crippen molar-refractivity contribution in [3.8, 4) is 5.75 Å². The zero-order chi connectivity index (χ0) is 19.2. The standard InChI is InChI=1S/C19H19F3N2O2/c1-13(2)16-8-3-4-9-17(16)26-12-18(25)24-23-11-14-6-5-7-15(10-14)19(20,21)22/h3-11,13H,12H2,1-2H3,(H,24,25)/b23-11+. The molecule has 7 heteroatoms. The molecular formula is C19H19F3N2O2. The van der Waals surface area contributed by atoms with Gasteiger partial charge in [0.05, 0.1) is 11.8 Å². The van der Waals surface area contributed by atoms with Crippen molar-refractivity contribution in [1.82, 2.24) is 5.43 Å². The van der Waals surface area contributed by atoms with E-state index in [0.717, 1.165) is 23.9 Å². The molecule has 0 aliphatic heterocycles. The molecular weight excluding hydrogens is 345 g/mol. The molecule has 4 nitrogen and oxygen atoms in total. The molecule has 0 spiro atoms. The molecule has 26 heavy (non-hydrogen) atoms. The van der Waals surface area contributed by atoms with Crippen LogP contribution >= 0.6 is 0 Å². The highest BCUT2D eigenvalue weighted by molar-refractivity contribution is 5.83. The van der Waals surface area contributed by atoms with E-state index in [1.165, 1.54) is 12.1 Å². The van der Waals surface area contributed by atoms with Gasteiger partial charge in [-0.2, -0.15) is 18.3 Å². The fourth-order valence-electron chi connectivity index (χ4n) is 2.24. The Morgan fingerprint density at radius 2 is 1.92 bits per heavy atom. The van der Waals surface area contributed by atoms with Crippen molar-refractivity contribution in [3.63, 3.8) is 0 Å². The summed E-state index contributed by atoms with van der Waals surface area (Å²) in [5.41, 5.74) is 2.66. The molecule has 0 saturated heterocycles. The van der Waals surface area contributed by atoms with Crippen molar-refractivity contribution in [2.24, 2.45) is 5.10 Å². The van der Waals surface area contributed by atoms with Crippen LogP contribution in [-0.4, -0.2) is 18.7 Å². The number of para-hydroxylation sites is 1. The van der Waals surface area contributed by atoms with Gasteiger partial charge in [0.25, 0.3) is 5.91 Å². The number of nitrogens with zero attached hydrogens (tertiary/aromatic N) is 1. The first kappa shape index (κ1) is 19.5. The van der Waals surface area contributed by atoms with Crippen molar-refractivity contribution < 1.29 is 22.7 Å². The third-order valence-electron chi connectivity index (χ3n) is 3.52. The molecule has 0 bridgehead atoms. The van der Waals surface area contributed by atoms with Gasteiger partial charge in [0.2, 0.25) is 0 Å². The molecule has 2 aromatic rings. The highest BCUT2D eigenvalue weighted by Crippen LogP contribution is 2.29. The highest BCUT2D eigenvalue weighted by Gasteiger charge is 2.30. The summed E-state index contributed by atoms with van der Waals surface area (Å²) in [4.78, 5) is 11.8. The molecule has 0 fully saturated rings. The first-order valence-corrected chi connectivity index (χ1v) is 7.98. The second-order valence-electron chi connectivity index (χ2n) is 5.90. The average Bonchev–Trinajstić information content (AvgIpc) is 2.59. The van der Waals surface area contributed by atoms with Crippen molar-refractivity contribution in [2.75, 3.05) is 6.61 Å². The highest BCUT2D eigenvalue weighted by atomic mass is 19.4. The maximum Gasteiger partial charge on any atom is 0.416 e. The molecule has 138 valence electrons. The van der Waals surface area contributed by atoms with Crippen LogP contribution in [0.3, 0.4) is 0 Å². The maximum absolute atomic E-state index is 12.6. The fraction of sp³-hybridized carbons (Fsp3) is 0.263. The summed E-state index contributed by atoms with van der Waals surface area (Å²) in [6, 6.07) is 12.0. The molecule has 2 aromatic carbocycles. The monoisotopic (exact) mass is 364 g/mol. The van der Waals surface area contributed by atoms with E-state index in [4.69, 9.17) is 4.74 Å². The zero-order valence-corrected chi connectivity index (χ0v) is 14.4. The lowest BCUT2D eigenvalue weighted by Crippen LogP contribution is -2.24. The summed E-state index contributed by atoms with van der Waals surface area (Å²) in [5, 5.41) is 3.66. The van der Waals surface area contributed by atoms with Crippen molar-refractivity contribution >= 4 is 12.1 Å². The van der Waals surface area contributed by atoms with E-state index in [-0.39, 0.29) is 18.1 Å². The number of amides is 1. The number of rotatable bonds is 6. The lowest BCUT2D eigenvalue weighted by atomic mass is 10.0. The third-order valence-corrected chi connectivity index (χ3v) is 3.52. The van der Waals surface area contributed by atoms with Crippen LogP contribution in [0.25, 0.3) is 0 Å². The van der Waals surface area contributed by atoms with E-state index >= 15 is 0 Å². The number of halogens is 3. The molecule has 0 atom stereocenters. The van der Waals surface area contributed by atoms with Crippen molar-refractivity contribution in [3.05, 3.63) is 65.2 Å². The summed E-state index contributed by atoms with van der Waals surface area (Å²) in [6.45, 7) is 3.78. The Morgan fingerprint density at radius 1 is 1.19 bits per heavy atom. The lowest BCUT2D eigenvalue weighted by Gasteiger charge is -2.13. The van der Waals surface area contributed by atoms with Gasteiger partial charge in [0, 0.05) is 0 Å². The summed E-state index contributed by atoms with van der Waals surface area (Å²) in [6.07, 6.45) is -3.28. The van der Waals surface area contributed by atoms with Crippen LogP contribution in [0.1, 0.15) is 36.5 Å². The van der Waals surface area contributed by atoms with Gasteiger partial charge in [-0.3, -0.25) is 4.79 Å². The van der Waals surface area contributed by atoms with Crippen LogP contribution in [0, 0.1) is 0 Å². The molecule has 0 aliphatic rings. The number of alkyl halides is 3. The van der Waals surface area contributed by atoms with E-state index in [9.17, 15) is 18.0 Å². The van der Waals surface area contributed by atoms with E-state index < -0.39 is 17.6 Å². The SMILES string of the molecule is CC(C)c1ccccc1OCC(=O)N/N=C/c1cccc(C(F)(F)F)c1. The largest absolute Gasteiger partial charge is 0.483 e. The first-order chi connectivity index (χ1) is 12.3. The Morgan fingerprint density at radius 3 is 2.62 bits per heavy atom. The van der Waals surface area contributed by atoms with Gasteiger partial charge in [-0.25, -0.2) is 5.43 Å². The number of hydrogen-bond donors (Lipinski definition) is 1. The number of hydrogen-bond acceptors (Lipinski definition) is 3. The Balaban J connectivity index is 1.91. The lowest BCUT2D eigenvalue weighted by molar-refractivity contribution is -0.137. The van der Waals surface area contributed by atoms with Crippen LogP contribution in [0.15, 0.2) is 53.6 Å². The zero-order valence-electron chi connectivity index (χ0n) is 14.4. The topological polar surface area (TPSA) is 50.7 Å². The Hall–Kier alpha value is -2.83. The molecule has 0 saturated carbocycles. The molecule has 0 aromatic heterocycles. The fourth-order valence-corrected chi connectivity index (χ4v) is 2.24. The normalized spacial score (nSPS) is 11.8. The van der Waals surface area contributed by atoms with E-state index in [2.05, 4.69) is 10.5 Å². The van der Waals surface area contributed by atoms with E-state index in [1.54, 1.807) is 6.07 Å². The Labute approximate surface area is 149 Å². The summed E-state index contributed by atoms with van der Waals surface area (Å²) < 4.78 is 43.4. The summed E-state index contributed by atoms with van der Waals surface area (Å²) in [5.74, 6) is 0.347. The molecule has 0 radical (unpaired) electrons. The van der Waals surface area contributed by atoms with Crippen LogP contribution in [0.4, 0.5) is 13.2 Å². The Bertz CT molecular complexity index is 786. The smallest absolute Gasteiger partial charge is 0.416 e. The number of hydrazone groups is 1. The van der Waals surface area contributed by atoms with Crippen LogP contribution in [-0.2, 0) is 11.0 Å². The third kappa shape index (κ3) is 5.61. The summed E-state index contributed by atoms with van der Waals surface area (Å²) >= 11 is 0. The van der Waals surface area contributed by atoms with Gasteiger partial charge in [0.15, 0.2) is 6.61 Å².